The number of nitrogens with two attached hydrogens (primary N) is 1. The maximum Gasteiger partial charge on any atom is 0.233 e. The number of aliphatic imine (C=N–C) groups is 2. The third kappa shape index (κ3) is 5.14. The summed E-state index contributed by atoms with van der Waals surface area (Å²) < 4.78 is 8.02. The lowest BCUT2D eigenvalue weighted by molar-refractivity contribution is -0.121. The largest absolute Gasteiger partial charge is 0.475 e. The normalized spacial score (nSPS) is 17.0. The number of nitrogens with one attached hydrogen (secondary N) is 1. The van der Waals surface area contributed by atoms with Crippen LogP contribution in [0.3, 0.4) is 0 Å². The summed E-state index contributed by atoms with van der Waals surface area (Å²) in [5, 5.41) is 2.68. The molecule has 33 heavy (non-hydrogen) atoms. The number of anilines is 1. The Bertz CT molecular complexity index is 1050. The number of piperazine rings is 1. The minimum Gasteiger partial charge on any atom is -0.475 e. The number of hydrogen-bond donors (Lipinski definition) is 2. The molecule has 1 fully saturated rings. The maximum absolute atomic E-state index is 11.6. The van der Waals surface area contributed by atoms with E-state index in [0.29, 0.717) is 37.1 Å². The third-order valence-electron chi connectivity index (χ3n) is 5.58. The van der Waals surface area contributed by atoms with E-state index in [0.717, 1.165) is 43.4 Å². The van der Waals surface area contributed by atoms with Crippen LogP contribution in [-0.2, 0) is 11.3 Å². The molecule has 11 heteroatoms. The molecule has 2 aromatic rings. The number of fused-ring (bicyclic) bond motifs is 3. The van der Waals surface area contributed by atoms with E-state index in [1.165, 1.54) is 6.34 Å². The molecule has 4 rings (SSSR count). The maximum atomic E-state index is 11.6. The predicted molar refractivity (Wildman–Crippen MR) is 128 cm³/mol. The molecule has 1 saturated heterocycles. The van der Waals surface area contributed by atoms with Crippen LogP contribution in [-0.4, -0.2) is 89.9 Å². The van der Waals surface area contributed by atoms with Crippen LogP contribution >= 0.6 is 0 Å². The van der Waals surface area contributed by atoms with Gasteiger partial charge in [-0.25, -0.2) is 9.98 Å². The Hall–Kier alpha value is -3.47. The van der Waals surface area contributed by atoms with E-state index in [4.69, 9.17) is 20.4 Å². The Kier molecular flexibility index (Phi) is 6.87. The average Bonchev–Trinajstić information content (AvgIpc) is 3.15. The van der Waals surface area contributed by atoms with Crippen molar-refractivity contribution in [2.45, 2.75) is 26.4 Å². The topological polar surface area (TPSA) is 126 Å². The van der Waals surface area contributed by atoms with E-state index in [1.807, 2.05) is 36.7 Å². The van der Waals surface area contributed by atoms with Crippen LogP contribution < -0.4 is 20.7 Å². The lowest BCUT2D eigenvalue weighted by atomic mass is 10.2. The number of pyridine rings is 1. The van der Waals surface area contributed by atoms with Crippen molar-refractivity contribution >= 4 is 23.9 Å². The number of likely N-dealkylation sites (N-methyl/N-ethyl adjacent to an activating group) is 1. The van der Waals surface area contributed by atoms with Crippen molar-refractivity contribution < 1.29 is 9.53 Å². The molecular weight excluding hydrogens is 422 g/mol. The molecule has 0 unspecified atom stereocenters. The second-order valence-electron chi connectivity index (χ2n) is 8.27. The molecular formula is C22H31N9O2. The predicted octanol–water partition coefficient (Wildman–Crippen LogP) is 0.348. The van der Waals surface area contributed by atoms with Gasteiger partial charge in [0, 0.05) is 45.5 Å². The first kappa shape index (κ1) is 22.7. The van der Waals surface area contributed by atoms with Gasteiger partial charge >= 0.3 is 0 Å². The summed E-state index contributed by atoms with van der Waals surface area (Å²) in [6.07, 6.45) is 3.17. The number of nitrogens with zero attached hydrogens (tertiary/aromatic N) is 7. The van der Waals surface area contributed by atoms with Crippen LogP contribution in [0.5, 0.6) is 5.88 Å². The number of carbonyl (C=O) groups is 1. The minimum atomic E-state index is 0.0358. The molecule has 0 saturated carbocycles. The molecule has 3 N–H and O–H groups in total. The summed E-state index contributed by atoms with van der Waals surface area (Å²) in [6.45, 7) is 8.74. The van der Waals surface area contributed by atoms with Crippen LogP contribution in [0.25, 0.3) is 11.4 Å². The Morgan fingerprint density at radius 3 is 2.73 bits per heavy atom. The number of amides is 1. The van der Waals surface area contributed by atoms with Crippen molar-refractivity contribution in [1.29, 1.82) is 0 Å². The second kappa shape index (κ2) is 9.99. The second-order valence-corrected chi connectivity index (χ2v) is 8.27. The van der Waals surface area contributed by atoms with Gasteiger partial charge in [0.05, 0.1) is 25.0 Å². The van der Waals surface area contributed by atoms with Gasteiger partial charge in [-0.15, -0.1) is 0 Å². The van der Waals surface area contributed by atoms with Gasteiger partial charge in [-0.3, -0.25) is 14.7 Å². The molecule has 1 amide bonds. The highest BCUT2D eigenvalue weighted by molar-refractivity contribution is 6.01. The standard InChI is InChI=1S/C22H31N9O2/c1-15(2)26-20(25-14-23)17-12-31-10-11-33-22-16(21(31)27-17)4-5-18(28-22)30-8-6-29(7-9-30)13-19(32)24-3/h4-5,12,14-15H,6-11,13H2,1-3H3,(H,24,32)(H2,23,25,26). The number of hydrogen-bond acceptors (Lipinski definition) is 7. The molecule has 0 bridgehead atoms. The molecule has 0 spiro atoms. The van der Waals surface area contributed by atoms with Crippen molar-refractivity contribution in [3.05, 3.63) is 24.0 Å². The zero-order valence-electron chi connectivity index (χ0n) is 19.4. The van der Waals surface area contributed by atoms with Gasteiger partial charge in [0.25, 0.3) is 0 Å². The Labute approximate surface area is 193 Å². The van der Waals surface area contributed by atoms with E-state index in [-0.39, 0.29) is 11.9 Å². The smallest absolute Gasteiger partial charge is 0.233 e. The molecule has 4 heterocycles. The van der Waals surface area contributed by atoms with Crippen LogP contribution in [0.4, 0.5) is 5.82 Å². The van der Waals surface area contributed by atoms with E-state index in [2.05, 4.69) is 25.1 Å². The molecule has 11 nitrogen and oxygen atoms in total. The Balaban J connectivity index is 1.56. The molecule has 2 aliphatic rings. The van der Waals surface area contributed by atoms with Gasteiger partial charge in [-0.2, -0.15) is 4.98 Å². The van der Waals surface area contributed by atoms with Crippen molar-refractivity contribution in [1.82, 2.24) is 24.8 Å². The lowest BCUT2D eigenvalue weighted by Crippen LogP contribution is -2.49. The van der Waals surface area contributed by atoms with Gasteiger partial charge in [-0.1, -0.05) is 0 Å². The minimum absolute atomic E-state index is 0.0358. The summed E-state index contributed by atoms with van der Waals surface area (Å²) in [6, 6.07) is 4.08. The lowest BCUT2D eigenvalue weighted by Gasteiger charge is -2.35. The quantitative estimate of drug-likeness (QED) is 0.494. The van der Waals surface area contributed by atoms with Crippen molar-refractivity contribution in [2.24, 2.45) is 15.7 Å². The first-order valence-corrected chi connectivity index (χ1v) is 11.2. The van der Waals surface area contributed by atoms with Crippen LogP contribution in [0.1, 0.15) is 19.5 Å². The molecule has 0 atom stereocenters. The fourth-order valence-electron chi connectivity index (χ4n) is 3.93. The summed E-state index contributed by atoms with van der Waals surface area (Å²) in [5.41, 5.74) is 7.03. The van der Waals surface area contributed by atoms with Crippen LogP contribution in [0.15, 0.2) is 28.3 Å². The summed E-state index contributed by atoms with van der Waals surface area (Å²) >= 11 is 0. The first-order valence-electron chi connectivity index (χ1n) is 11.2. The number of amidine groups is 1. The fourth-order valence-corrected chi connectivity index (χ4v) is 3.93. The zero-order chi connectivity index (χ0) is 23.4. The van der Waals surface area contributed by atoms with E-state index >= 15 is 0 Å². The summed E-state index contributed by atoms with van der Waals surface area (Å²) in [5.74, 6) is 2.75. The van der Waals surface area contributed by atoms with Gasteiger partial charge in [0.2, 0.25) is 11.8 Å². The van der Waals surface area contributed by atoms with E-state index < -0.39 is 0 Å². The summed E-state index contributed by atoms with van der Waals surface area (Å²) in [7, 11) is 1.66. The highest BCUT2D eigenvalue weighted by Gasteiger charge is 2.24. The van der Waals surface area contributed by atoms with Crippen molar-refractivity contribution in [3.8, 4) is 17.3 Å². The number of imidazole rings is 1. The molecule has 0 aliphatic carbocycles. The average molecular weight is 454 g/mol. The van der Waals surface area contributed by atoms with Gasteiger partial charge in [-0.05, 0) is 26.0 Å². The zero-order valence-corrected chi connectivity index (χ0v) is 19.4. The molecule has 2 aliphatic heterocycles. The Morgan fingerprint density at radius 1 is 1.24 bits per heavy atom. The van der Waals surface area contributed by atoms with Crippen LogP contribution in [0.2, 0.25) is 0 Å². The SMILES string of the molecule is CNC(=O)CN1CCN(c2ccc3c(n2)OCCn2cc(C(N=CN)=NC(C)C)nc2-3)CC1. The highest BCUT2D eigenvalue weighted by atomic mass is 16.5. The monoisotopic (exact) mass is 453 g/mol. The molecule has 0 aromatic carbocycles. The van der Waals surface area contributed by atoms with Gasteiger partial charge in [0.1, 0.15) is 23.9 Å². The fraction of sp³-hybridized carbons (Fsp3) is 0.500. The molecule has 2 aromatic heterocycles. The Morgan fingerprint density at radius 2 is 2.03 bits per heavy atom. The highest BCUT2D eigenvalue weighted by Crippen LogP contribution is 2.33. The van der Waals surface area contributed by atoms with E-state index in [1.54, 1.807) is 7.05 Å². The van der Waals surface area contributed by atoms with Crippen LogP contribution in [0, 0.1) is 0 Å². The molecule has 176 valence electrons. The van der Waals surface area contributed by atoms with E-state index in [9.17, 15) is 4.79 Å². The number of rotatable bonds is 5. The van der Waals surface area contributed by atoms with Gasteiger partial charge < -0.3 is 25.3 Å². The number of ether oxygens (including phenoxy) is 1. The summed E-state index contributed by atoms with van der Waals surface area (Å²) in [4.78, 5) is 34.4. The number of carbonyl (C=O) groups excluding carboxylic acids is 1. The first-order chi connectivity index (χ1) is 16.0. The third-order valence-corrected chi connectivity index (χ3v) is 5.58. The van der Waals surface area contributed by atoms with Gasteiger partial charge in [0.15, 0.2) is 5.84 Å². The van der Waals surface area contributed by atoms with Crippen molar-refractivity contribution in [2.75, 3.05) is 51.3 Å². The number of aromatic nitrogens is 3. The van der Waals surface area contributed by atoms with Crippen molar-refractivity contribution in [3.63, 3.8) is 0 Å². The molecule has 0 radical (unpaired) electrons.